The average Bonchev–Trinajstić information content (AvgIpc) is 3.25. The highest BCUT2D eigenvalue weighted by molar-refractivity contribution is 7.07. The summed E-state index contributed by atoms with van der Waals surface area (Å²) < 4.78 is 13.8. The number of para-hydroxylation sites is 1. The first-order valence-corrected chi connectivity index (χ1v) is 13.1. The molecule has 1 atom stereocenters. The Bertz CT molecular complexity index is 1710. The quantitative estimate of drug-likeness (QED) is 0.350. The number of methoxy groups -OCH3 is 1. The maximum atomic E-state index is 13.9. The lowest BCUT2D eigenvalue weighted by atomic mass is 9.83. The van der Waals surface area contributed by atoms with Gasteiger partial charge in [0, 0.05) is 11.1 Å². The number of nitrogens with zero attached hydrogens (tertiary/aromatic N) is 2. The van der Waals surface area contributed by atoms with Crippen LogP contribution in [0, 0.1) is 0 Å². The molecule has 0 spiro atoms. The van der Waals surface area contributed by atoms with Gasteiger partial charge in [-0.05, 0) is 53.8 Å². The SMILES string of the molecule is C=CCOc1ccc(/C=c2\sc3n(c2=O)C(c2ccccc2OC)C2=C(N=3)c3ccccc3CC2)cc1. The molecule has 1 aromatic heterocycles. The van der Waals surface area contributed by atoms with Crippen LogP contribution in [0.5, 0.6) is 11.5 Å². The topological polar surface area (TPSA) is 52.8 Å². The summed E-state index contributed by atoms with van der Waals surface area (Å²) in [4.78, 5) is 19.7. The van der Waals surface area contributed by atoms with Crippen LogP contribution in [0.3, 0.4) is 0 Å². The summed E-state index contributed by atoms with van der Waals surface area (Å²) in [6.45, 7) is 4.13. The molecule has 0 saturated heterocycles. The van der Waals surface area contributed by atoms with E-state index in [0.29, 0.717) is 15.9 Å². The molecule has 184 valence electrons. The molecule has 3 aromatic carbocycles. The molecule has 1 unspecified atom stereocenters. The molecule has 37 heavy (non-hydrogen) atoms. The molecule has 6 heteroatoms. The Morgan fingerprint density at radius 2 is 1.84 bits per heavy atom. The second-order valence-corrected chi connectivity index (χ2v) is 10.0. The van der Waals surface area contributed by atoms with Crippen LogP contribution in [0.4, 0.5) is 0 Å². The normalized spacial score (nSPS) is 16.4. The standard InChI is InChI=1S/C31H26N2O3S/c1-3-18-36-22-15-12-20(13-16-22)19-27-30(34)33-29(24-10-6-7-11-26(24)35-2)25-17-14-21-8-4-5-9-23(21)28(25)32-31(33)37-27/h3-13,15-16,19,29H,1,14,17-18H2,2H3/b27-19-. The van der Waals surface area contributed by atoms with E-state index >= 15 is 0 Å². The highest BCUT2D eigenvalue weighted by atomic mass is 32.1. The van der Waals surface area contributed by atoms with Crippen molar-refractivity contribution in [2.75, 3.05) is 13.7 Å². The van der Waals surface area contributed by atoms with E-state index in [-0.39, 0.29) is 11.6 Å². The van der Waals surface area contributed by atoms with Gasteiger partial charge in [-0.1, -0.05) is 78.6 Å². The molecule has 6 rings (SSSR count). The van der Waals surface area contributed by atoms with Crippen molar-refractivity contribution < 1.29 is 9.47 Å². The maximum absolute atomic E-state index is 13.9. The monoisotopic (exact) mass is 506 g/mol. The van der Waals surface area contributed by atoms with Crippen LogP contribution in [-0.4, -0.2) is 18.3 Å². The first-order chi connectivity index (χ1) is 18.2. The molecule has 2 heterocycles. The van der Waals surface area contributed by atoms with Crippen molar-refractivity contribution in [1.29, 1.82) is 0 Å². The first kappa shape index (κ1) is 23.3. The molecule has 4 aromatic rings. The number of aryl methyl sites for hydroxylation is 1. The van der Waals surface area contributed by atoms with Crippen molar-refractivity contribution in [1.82, 2.24) is 4.57 Å². The molecule has 2 aliphatic rings. The van der Waals surface area contributed by atoms with Crippen LogP contribution in [-0.2, 0) is 6.42 Å². The van der Waals surface area contributed by atoms with Crippen molar-refractivity contribution >= 4 is 23.1 Å². The molecule has 0 saturated carbocycles. The van der Waals surface area contributed by atoms with E-state index in [9.17, 15) is 4.79 Å². The van der Waals surface area contributed by atoms with Crippen LogP contribution in [0.2, 0.25) is 0 Å². The van der Waals surface area contributed by atoms with E-state index in [1.807, 2.05) is 53.1 Å². The average molecular weight is 507 g/mol. The smallest absolute Gasteiger partial charge is 0.271 e. The number of benzene rings is 3. The third-order valence-electron chi connectivity index (χ3n) is 6.85. The summed E-state index contributed by atoms with van der Waals surface area (Å²) >= 11 is 1.43. The van der Waals surface area contributed by atoms with Gasteiger partial charge in [0.25, 0.3) is 5.56 Å². The third kappa shape index (κ3) is 4.13. The van der Waals surface area contributed by atoms with Gasteiger partial charge in [-0.3, -0.25) is 9.36 Å². The van der Waals surface area contributed by atoms with Gasteiger partial charge in [0.1, 0.15) is 18.1 Å². The van der Waals surface area contributed by atoms with Crippen molar-refractivity contribution in [3.63, 3.8) is 0 Å². The summed E-state index contributed by atoms with van der Waals surface area (Å²) in [5, 5.41) is 0. The van der Waals surface area contributed by atoms with Crippen molar-refractivity contribution in [2.45, 2.75) is 18.9 Å². The lowest BCUT2D eigenvalue weighted by molar-refractivity contribution is 0.363. The summed E-state index contributed by atoms with van der Waals surface area (Å²) in [5.41, 5.74) is 6.44. The van der Waals surface area contributed by atoms with E-state index in [2.05, 4.69) is 36.9 Å². The molecular weight excluding hydrogens is 480 g/mol. The predicted octanol–water partition coefficient (Wildman–Crippen LogP) is 4.89. The van der Waals surface area contributed by atoms with Crippen LogP contribution in [0.15, 0.2) is 101 Å². The first-order valence-electron chi connectivity index (χ1n) is 12.3. The van der Waals surface area contributed by atoms with Gasteiger partial charge in [0.2, 0.25) is 0 Å². The Kier molecular flexibility index (Phi) is 6.10. The van der Waals surface area contributed by atoms with E-state index in [4.69, 9.17) is 14.5 Å². The zero-order chi connectivity index (χ0) is 25.4. The van der Waals surface area contributed by atoms with E-state index in [1.165, 1.54) is 16.9 Å². The zero-order valence-corrected chi connectivity index (χ0v) is 21.3. The number of thiazole rings is 1. The second kappa shape index (κ2) is 9.71. The summed E-state index contributed by atoms with van der Waals surface area (Å²) in [6, 6.07) is 23.9. The fraction of sp³-hybridized carbons (Fsp3) is 0.161. The number of aromatic nitrogens is 1. The fourth-order valence-corrected chi connectivity index (χ4v) is 6.16. The van der Waals surface area contributed by atoms with E-state index in [0.717, 1.165) is 52.3 Å². The summed E-state index contributed by atoms with van der Waals surface area (Å²) in [7, 11) is 1.68. The highest BCUT2D eigenvalue weighted by Crippen LogP contribution is 2.43. The number of rotatable bonds is 6. The van der Waals surface area contributed by atoms with E-state index in [1.54, 1.807) is 13.2 Å². The van der Waals surface area contributed by atoms with Crippen LogP contribution in [0.1, 0.15) is 34.7 Å². The van der Waals surface area contributed by atoms with Crippen molar-refractivity contribution in [2.24, 2.45) is 4.99 Å². The largest absolute Gasteiger partial charge is 0.496 e. The number of ether oxygens (including phenoxy) is 2. The predicted molar refractivity (Wildman–Crippen MR) is 148 cm³/mol. The maximum Gasteiger partial charge on any atom is 0.271 e. The third-order valence-corrected chi connectivity index (χ3v) is 7.84. The highest BCUT2D eigenvalue weighted by Gasteiger charge is 2.33. The van der Waals surface area contributed by atoms with Crippen molar-refractivity contribution in [3.05, 3.63) is 133 Å². The van der Waals surface area contributed by atoms with Gasteiger partial charge in [0.05, 0.1) is 23.4 Å². The Labute approximate surface area is 219 Å². The number of fused-ring (bicyclic) bond motifs is 3. The summed E-state index contributed by atoms with van der Waals surface area (Å²) in [6.07, 6.45) is 5.40. The van der Waals surface area contributed by atoms with Gasteiger partial charge >= 0.3 is 0 Å². The molecule has 0 amide bonds. The fourth-order valence-electron chi connectivity index (χ4n) is 5.16. The van der Waals surface area contributed by atoms with Gasteiger partial charge in [-0.2, -0.15) is 0 Å². The minimum atomic E-state index is -0.271. The molecule has 0 bridgehead atoms. The molecule has 0 fully saturated rings. The summed E-state index contributed by atoms with van der Waals surface area (Å²) in [5.74, 6) is 1.53. The Hall–Kier alpha value is -4.16. The van der Waals surface area contributed by atoms with Crippen LogP contribution in [0.25, 0.3) is 11.8 Å². The molecule has 0 N–H and O–H groups in total. The number of allylic oxidation sites excluding steroid dienone is 1. The Balaban J connectivity index is 1.55. The van der Waals surface area contributed by atoms with Crippen LogP contribution >= 0.6 is 11.3 Å². The van der Waals surface area contributed by atoms with Crippen LogP contribution < -0.4 is 24.4 Å². The minimum absolute atomic E-state index is 0.0444. The number of hydrogen-bond acceptors (Lipinski definition) is 5. The van der Waals surface area contributed by atoms with E-state index < -0.39 is 0 Å². The minimum Gasteiger partial charge on any atom is -0.496 e. The van der Waals surface area contributed by atoms with Gasteiger partial charge in [0.15, 0.2) is 4.80 Å². The second-order valence-electron chi connectivity index (χ2n) is 9.02. The molecular formula is C31H26N2O3S. The van der Waals surface area contributed by atoms with Crippen molar-refractivity contribution in [3.8, 4) is 11.5 Å². The molecule has 0 radical (unpaired) electrons. The lowest BCUT2D eigenvalue weighted by Crippen LogP contribution is -2.38. The van der Waals surface area contributed by atoms with Gasteiger partial charge < -0.3 is 9.47 Å². The molecule has 5 nitrogen and oxygen atoms in total. The lowest BCUT2D eigenvalue weighted by Gasteiger charge is -2.31. The number of hydrogen-bond donors (Lipinski definition) is 0. The molecule has 1 aliphatic heterocycles. The molecule has 1 aliphatic carbocycles. The zero-order valence-electron chi connectivity index (χ0n) is 20.5. The Morgan fingerprint density at radius 1 is 1.05 bits per heavy atom. The Morgan fingerprint density at radius 3 is 2.65 bits per heavy atom. The van der Waals surface area contributed by atoms with Gasteiger partial charge in [-0.25, -0.2) is 4.99 Å². The van der Waals surface area contributed by atoms with Gasteiger partial charge in [-0.15, -0.1) is 0 Å².